The Morgan fingerprint density at radius 1 is 1.22 bits per heavy atom. The van der Waals surface area contributed by atoms with Crippen LogP contribution in [0.1, 0.15) is 43.2 Å². The number of benzene rings is 1. The van der Waals surface area contributed by atoms with Crippen molar-refractivity contribution in [1.82, 2.24) is 4.90 Å². The molecule has 0 aromatic heterocycles. The first-order valence-corrected chi connectivity index (χ1v) is 8.48. The Bertz CT molecular complexity index is 615. The number of rotatable bonds is 1. The van der Waals surface area contributed by atoms with Gasteiger partial charge in [0.1, 0.15) is 5.75 Å². The third-order valence-corrected chi connectivity index (χ3v) is 6.32. The lowest BCUT2D eigenvalue weighted by Gasteiger charge is -2.58. The van der Waals surface area contributed by atoms with Crippen LogP contribution in [0.3, 0.4) is 0 Å². The van der Waals surface area contributed by atoms with Crippen LogP contribution in [0, 0.1) is 5.92 Å². The van der Waals surface area contributed by atoms with Gasteiger partial charge in [0, 0.05) is 11.5 Å². The van der Waals surface area contributed by atoms with E-state index in [0.29, 0.717) is 12.0 Å². The Kier molecular flexibility index (Phi) is 3.42. The molecule has 0 N–H and O–H groups in total. The Morgan fingerprint density at radius 3 is 2.83 bits per heavy atom. The van der Waals surface area contributed by atoms with Gasteiger partial charge in [-0.05, 0) is 68.5 Å². The Balaban J connectivity index is 1.79. The van der Waals surface area contributed by atoms with E-state index in [4.69, 9.17) is 0 Å². The predicted octanol–water partition coefficient (Wildman–Crippen LogP) is 4.27. The number of likely N-dealkylation sites (tertiary alicyclic amines) is 1. The lowest BCUT2D eigenvalue weighted by atomic mass is 9.52. The van der Waals surface area contributed by atoms with Crippen LogP contribution in [0.15, 0.2) is 18.2 Å². The van der Waals surface area contributed by atoms with Crippen molar-refractivity contribution in [2.75, 3.05) is 13.6 Å². The summed E-state index contributed by atoms with van der Waals surface area (Å²) >= 11 is 0. The molecule has 1 aromatic rings. The van der Waals surface area contributed by atoms with Gasteiger partial charge < -0.3 is 9.64 Å². The summed E-state index contributed by atoms with van der Waals surface area (Å²) in [6, 6.07) is 5.55. The lowest BCUT2D eigenvalue weighted by Crippen LogP contribution is -2.59. The maximum atomic E-state index is 12.6. The van der Waals surface area contributed by atoms with Crippen LogP contribution < -0.4 is 4.74 Å². The van der Waals surface area contributed by atoms with Crippen molar-refractivity contribution in [2.24, 2.45) is 5.92 Å². The number of halogens is 3. The second kappa shape index (κ2) is 5.13. The molecule has 5 heteroatoms. The molecule has 0 amide bonds. The summed E-state index contributed by atoms with van der Waals surface area (Å²) in [6.07, 6.45) is 2.09. The van der Waals surface area contributed by atoms with Crippen LogP contribution in [0.2, 0.25) is 0 Å². The maximum absolute atomic E-state index is 12.6. The number of hydrogen-bond acceptors (Lipinski definition) is 2. The van der Waals surface area contributed by atoms with Crippen LogP contribution in [0.5, 0.6) is 5.75 Å². The normalized spacial score (nSPS) is 33.7. The third-order valence-electron chi connectivity index (χ3n) is 6.32. The maximum Gasteiger partial charge on any atom is 0.573 e. The van der Waals surface area contributed by atoms with Gasteiger partial charge in [-0.2, -0.15) is 0 Å². The number of likely N-dealkylation sites (N-methyl/N-ethyl adjacent to an activating group) is 1. The molecule has 23 heavy (non-hydrogen) atoms. The van der Waals surface area contributed by atoms with E-state index in [-0.39, 0.29) is 11.2 Å². The summed E-state index contributed by atoms with van der Waals surface area (Å²) in [7, 11) is 2.19. The predicted molar refractivity (Wildman–Crippen MR) is 81.5 cm³/mol. The van der Waals surface area contributed by atoms with Crippen LogP contribution >= 0.6 is 0 Å². The summed E-state index contributed by atoms with van der Waals surface area (Å²) in [6.45, 7) is 1.03. The minimum Gasteiger partial charge on any atom is -0.406 e. The second-order valence-electron chi connectivity index (χ2n) is 7.38. The first kappa shape index (κ1) is 15.3. The second-order valence-corrected chi connectivity index (χ2v) is 7.38. The van der Waals surface area contributed by atoms with Gasteiger partial charge in [0.25, 0.3) is 0 Å². The van der Waals surface area contributed by atoms with Gasteiger partial charge in [0.05, 0.1) is 0 Å². The molecule has 2 fully saturated rings. The van der Waals surface area contributed by atoms with Gasteiger partial charge in [0.15, 0.2) is 0 Å². The molecule has 0 spiro atoms. The van der Waals surface area contributed by atoms with Crippen molar-refractivity contribution in [3.8, 4) is 5.75 Å². The fraction of sp³-hybridized carbons (Fsp3) is 0.667. The van der Waals surface area contributed by atoms with Crippen molar-refractivity contribution in [1.29, 1.82) is 0 Å². The van der Waals surface area contributed by atoms with Crippen LogP contribution in [-0.4, -0.2) is 30.9 Å². The molecule has 2 aliphatic carbocycles. The van der Waals surface area contributed by atoms with Crippen molar-refractivity contribution >= 4 is 0 Å². The summed E-state index contributed by atoms with van der Waals surface area (Å²) < 4.78 is 41.9. The molecule has 1 saturated carbocycles. The Hall–Kier alpha value is -1.23. The number of hydrogen-bond donors (Lipinski definition) is 0. The van der Waals surface area contributed by atoms with E-state index in [1.54, 1.807) is 6.07 Å². The number of piperidine rings is 1. The van der Waals surface area contributed by atoms with E-state index in [9.17, 15) is 13.2 Å². The summed E-state index contributed by atoms with van der Waals surface area (Å²) in [5.41, 5.74) is 2.41. The molecule has 2 nitrogen and oxygen atoms in total. The molecular formula is C18H22F3NO. The van der Waals surface area contributed by atoms with Crippen molar-refractivity contribution in [2.45, 2.75) is 56.3 Å². The molecule has 1 heterocycles. The largest absolute Gasteiger partial charge is 0.573 e. The fourth-order valence-corrected chi connectivity index (χ4v) is 5.37. The number of nitrogens with zero attached hydrogens (tertiary/aromatic N) is 1. The van der Waals surface area contributed by atoms with Crippen LogP contribution in [-0.2, 0) is 11.8 Å². The van der Waals surface area contributed by atoms with Crippen molar-refractivity contribution in [3.63, 3.8) is 0 Å². The molecule has 1 unspecified atom stereocenters. The van der Waals surface area contributed by atoms with E-state index in [2.05, 4.69) is 16.7 Å². The summed E-state index contributed by atoms with van der Waals surface area (Å²) in [5, 5.41) is 0. The molecule has 4 rings (SSSR count). The average molecular weight is 325 g/mol. The molecule has 1 aliphatic heterocycles. The highest BCUT2D eigenvalue weighted by molar-refractivity contribution is 5.45. The first-order valence-electron chi connectivity index (χ1n) is 8.48. The van der Waals surface area contributed by atoms with Gasteiger partial charge in [-0.25, -0.2) is 0 Å². The zero-order valence-electron chi connectivity index (χ0n) is 13.3. The highest BCUT2D eigenvalue weighted by Crippen LogP contribution is 2.56. The lowest BCUT2D eigenvalue weighted by molar-refractivity contribution is -0.274. The zero-order valence-corrected chi connectivity index (χ0v) is 13.3. The number of alkyl halides is 3. The van der Waals surface area contributed by atoms with Crippen LogP contribution in [0.25, 0.3) is 0 Å². The molecule has 1 saturated heterocycles. The molecular weight excluding hydrogens is 303 g/mol. The highest BCUT2D eigenvalue weighted by Gasteiger charge is 2.53. The van der Waals surface area contributed by atoms with Gasteiger partial charge >= 0.3 is 6.36 Å². The molecule has 126 valence electrons. The standard InChI is InChI=1S/C18H22F3NO/c1-22-9-8-17-7-3-2-4-14(17)16(22)10-12-5-6-13(11-15(12)17)23-18(19,20)21/h5-6,11,14,16H,2-4,7-10H2,1H3/t14-,16+,17?/m1/s1. The highest BCUT2D eigenvalue weighted by atomic mass is 19.4. The Morgan fingerprint density at radius 2 is 2.04 bits per heavy atom. The van der Waals surface area contributed by atoms with Gasteiger partial charge in [0.2, 0.25) is 0 Å². The molecule has 0 radical (unpaired) electrons. The van der Waals surface area contributed by atoms with E-state index >= 15 is 0 Å². The van der Waals surface area contributed by atoms with E-state index in [1.165, 1.54) is 30.9 Å². The third kappa shape index (κ3) is 2.44. The number of fused-ring (bicyclic) bond motifs is 1. The summed E-state index contributed by atoms with van der Waals surface area (Å²) in [5.74, 6) is 0.510. The summed E-state index contributed by atoms with van der Waals surface area (Å²) in [4.78, 5) is 2.46. The zero-order chi connectivity index (χ0) is 16.2. The first-order chi connectivity index (χ1) is 10.9. The van der Waals surface area contributed by atoms with Crippen molar-refractivity contribution in [3.05, 3.63) is 29.3 Å². The van der Waals surface area contributed by atoms with E-state index in [0.717, 1.165) is 31.4 Å². The molecule has 2 bridgehead atoms. The minimum atomic E-state index is -4.62. The SMILES string of the molecule is CN1CCC23CCCC[C@@H]2[C@@H]1Cc1ccc(OC(F)(F)F)cc13. The van der Waals surface area contributed by atoms with Gasteiger partial charge in [-0.1, -0.05) is 18.9 Å². The van der Waals surface area contributed by atoms with Gasteiger partial charge in [-0.15, -0.1) is 13.2 Å². The molecule has 3 aliphatic rings. The van der Waals surface area contributed by atoms with Crippen molar-refractivity contribution < 1.29 is 17.9 Å². The number of ether oxygens (including phenoxy) is 1. The fourth-order valence-electron chi connectivity index (χ4n) is 5.37. The van der Waals surface area contributed by atoms with E-state index in [1.807, 2.05) is 6.07 Å². The molecule has 1 aromatic carbocycles. The Labute approximate surface area is 134 Å². The quantitative estimate of drug-likeness (QED) is 0.764. The average Bonchev–Trinajstić information content (AvgIpc) is 2.50. The molecule has 3 atom stereocenters. The minimum absolute atomic E-state index is 0.0627. The van der Waals surface area contributed by atoms with Crippen LogP contribution in [0.4, 0.5) is 13.2 Å². The monoisotopic (exact) mass is 325 g/mol. The topological polar surface area (TPSA) is 12.5 Å². The van der Waals surface area contributed by atoms with E-state index < -0.39 is 6.36 Å². The van der Waals surface area contributed by atoms with Gasteiger partial charge in [-0.3, -0.25) is 0 Å². The smallest absolute Gasteiger partial charge is 0.406 e.